The van der Waals surface area contributed by atoms with Crippen LogP contribution >= 0.6 is 0 Å². The van der Waals surface area contributed by atoms with E-state index < -0.39 is 12.0 Å². The molecule has 2 atom stereocenters. The van der Waals surface area contributed by atoms with Crippen molar-refractivity contribution in [1.29, 1.82) is 0 Å². The van der Waals surface area contributed by atoms with Crippen molar-refractivity contribution in [3.05, 3.63) is 0 Å². The van der Waals surface area contributed by atoms with Crippen LogP contribution in [0.3, 0.4) is 0 Å². The van der Waals surface area contributed by atoms with Crippen LogP contribution in [0.5, 0.6) is 0 Å². The molecule has 1 aliphatic rings. The minimum atomic E-state index is -1.01. The molecule has 1 rings (SSSR count). The third kappa shape index (κ3) is 3.81. The molecule has 0 saturated carbocycles. The first kappa shape index (κ1) is 13.0. The minimum absolute atomic E-state index is 0.0806. The Balaban J connectivity index is 2.50. The maximum atomic E-state index is 10.9. The van der Waals surface area contributed by atoms with E-state index in [0.29, 0.717) is 6.42 Å². The lowest BCUT2D eigenvalue weighted by atomic mass is 10.0. The van der Waals surface area contributed by atoms with Gasteiger partial charge in [0.05, 0.1) is 11.7 Å². The number of carbonyl (C=O) groups excluding carboxylic acids is 1. The van der Waals surface area contributed by atoms with E-state index in [0.717, 1.165) is 12.8 Å². The Bertz CT molecular complexity index is 288. The fourth-order valence-electron chi connectivity index (χ4n) is 1.97. The van der Waals surface area contributed by atoms with Crippen molar-refractivity contribution in [1.82, 2.24) is 5.32 Å². The van der Waals surface area contributed by atoms with Crippen LogP contribution in [-0.4, -0.2) is 34.7 Å². The predicted molar refractivity (Wildman–Crippen MR) is 58.0 cm³/mol. The van der Waals surface area contributed by atoms with E-state index in [9.17, 15) is 9.59 Å². The maximum absolute atomic E-state index is 10.9. The summed E-state index contributed by atoms with van der Waals surface area (Å²) >= 11 is 0. The smallest absolute Gasteiger partial charge is 0.326 e. The Morgan fingerprint density at radius 3 is 2.56 bits per heavy atom. The van der Waals surface area contributed by atoms with Crippen LogP contribution in [0.2, 0.25) is 0 Å². The Morgan fingerprint density at radius 1 is 1.56 bits per heavy atom. The number of ether oxygens (including phenoxy) is 1. The summed E-state index contributed by atoms with van der Waals surface area (Å²) < 4.78 is 5.70. The second-order valence-corrected chi connectivity index (χ2v) is 4.87. The van der Waals surface area contributed by atoms with Crippen LogP contribution in [0.25, 0.3) is 0 Å². The lowest BCUT2D eigenvalue weighted by Gasteiger charge is -2.21. The SMILES string of the molecule is CC(=O)NC(CC1CCC(C)(C)O1)C(=O)O. The average Bonchev–Trinajstić information content (AvgIpc) is 2.43. The number of carboxylic acid groups (broad SMARTS) is 1. The molecule has 0 aromatic heterocycles. The highest BCUT2D eigenvalue weighted by Gasteiger charge is 2.34. The van der Waals surface area contributed by atoms with Gasteiger partial charge in [-0.1, -0.05) is 0 Å². The summed E-state index contributed by atoms with van der Waals surface area (Å²) in [5, 5.41) is 11.4. The van der Waals surface area contributed by atoms with E-state index in [-0.39, 0.29) is 17.6 Å². The highest BCUT2D eigenvalue weighted by Crippen LogP contribution is 2.31. The van der Waals surface area contributed by atoms with Crippen LogP contribution in [0.4, 0.5) is 0 Å². The van der Waals surface area contributed by atoms with Crippen LogP contribution in [0.1, 0.15) is 40.0 Å². The van der Waals surface area contributed by atoms with Crippen molar-refractivity contribution in [3.63, 3.8) is 0 Å². The molecule has 5 heteroatoms. The second-order valence-electron chi connectivity index (χ2n) is 4.87. The van der Waals surface area contributed by atoms with Gasteiger partial charge in [-0.3, -0.25) is 4.79 Å². The van der Waals surface area contributed by atoms with Gasteiger partial charge in [0.15, 0.2) is 0 Å². The molecule has 0 aromatic rings. The van der Waals surface area contributed by atoms with Gasteiger partial charge in [-0.05, 0) is 26.7 Å². The number of carbonyl (C=O) groups is 2. The van der Waals surface area contributed by atoms with Crippen molar-refractivity contribution in [2.45, 2.75) is 57.8 Å². The van der Waals surface area contributed by atoms with Crippen LogP contribution in [0.15, 0.2) is 0 Å². The van der Waals surface area contributed by atoms with Crippen LogP contribution in [0, 0.1) is 0 Å². The quantitative estimate of drug-likeness (QED) is 0.751. The Morgan fingerprint density at radius 2 is 2.19 bits per heavy atom. The van der Waals surface area contributed by atoms with E-state index in [1.807, 2.05) is 13.8 Å². The van der Waals surface area contributed by atoms with Crippen molar-refractivity contribution in [2.24, 2.45) is 0 Å². The zero-order chi connectivity index (χ0) is 12.3. The summed E-state index contributed by atoms with van der Waals surface area (Å²) in [5.41, 5.74) is -0.177. The molecule has 1 aliphatic heterocycles. The van der Waals surface area contributed by atoms with Gasteiger partial charge < -0.3 is 15.2 Å². The first-order valence-electron chi connectivity index (χ1n) is 5.48. The number of carboxylic acids is 1. The molecule has 0 spiro atoms. The molecule has 2 N–H and O–H groups in total. The molecule has 1 saturated heterocycles. The summed E-state index contributed by atoms with van der Waals surface area (Å²) in [7, 11) is 0. The van der Waals surface area contributed by atoms with Gasteiger partial charge in [-0.15, -0.1) is 0 Å². The van der Waals surface area contributed by atoms with Crippen molar-refractivity contribution >= 4 is 11.9 Å². The van der Waals surface area contributed by atoms with Gasteiger partial charge >= 0.3 is 5.97 Å². The molecular formula is C11H19NO4. The van der Waals surface area contributed by atoms with Gasteiger partial charge in [-0.25, -0.2) is 4.79 Å². The molecule has 2 unspecified atom stereocenters. The molecule has 0 aromatic carbocycles. The second kappa shape index (κ2) is 4.82. The minimum Gasteiger partial charge on any atom is -0.480 e. The first-order valence-corrected chi connectivity index (χ1v) is 5.48. The highest BCUT2D eigenvalue weighted by atomic mass is 16.5. The lowest BCUT2D eigenvalue weighted by Crippen LogP contribution is -2.42. The fraction of sp³-hybridized carbons (Fsp3) is 0.818. The average molecular weight is 229 g/mol. The number of amides is 1. The molecular weight excluding hydrogens is 210 g/mol. The third-order valence-electron chi connectivity index (χ3n) is 2.73. The summed E-state index contributed by atoms with van der Waals surface area (Å²) in [4.78, 5) is 21.8. The number of rotatable bonds is 4. The van der Waals surface area contributed by atoms with E-state index in [1.54, 1.807) is 0 Å². The molecule has 92 valence electrons. The normalized spacial score (nSPS) is 25.1. The van der Waals surface area contributed by atoms with Gasteiger partial charge in [0.1, 0.15) is 6.04 Å². The summed E-state index contributed by atoms with van der Waals surface area (Å²) in [5.74, 6) is -1.34. The van der Waals surface area contributed by atoms with Gasteiger partial charge in [0, 0.05) is 13.3 Å². The maximum Gasteiger partial charge on any atom is 0.326 e. The van der Waals surface area contributed by atoms with Gasteiger partial charge in [-0.2, -0.15) is 0 Å². The number of nitrogens with one attached hydrogen (secondary N) is 1. The van der Waals surface area contributed by atoms with Crippen molar-refractivity contribution in [2.75, 3.05) is 0 Å². The predicted octanol–water partition coefficient (Wildman–Crippen LogP) is 0.923. The van der Waals surface area contributed by atoms with Crippen molar-refractivity contribution < 1.29 is 19.4 Å². The molecule has 0 aliphatic carbocycles. The first-order chi connectivity index (χ1) is 7.30. The monoisotopic (exact) mass is 229 g/mol. The van der Waals surface area contributed by atoms with Crippen LogP contribution < -0.4 is 5.32 Å². The molecule has 0 radical (unpaired) electrons. The number of hydrogen-bond donors (Lipinski definition) is 2. The summed E-state index contributed by atoms with van der Waals surface area (Å²) in [6.45, 7) is 5.29. The van der Waals surface area contributed by atoms with Crippen molar-refractivity contribution in [3.8, 4) is 0 Å². The number of hydrogen-bond acceptors (Lipinski definition) is 3. The molecule has 1 heterocycles. The van der Waals surface area contributed by atoms with E-state index in [2.05, 4.69) is 5.32 Å². The fourth-order valence-corrected chi connectivity index (χ4v) is 1.97. The molecule has 1 amide bonds. The summed E-state index contributed by atoms with van der Waals surface area (Å²) in [6.07, 6.45) is 2.02. The summed E-state index contributed by atoms with van der Waals surface area (Å²) in [6, 6.07) is -0.851. The number of aliphatic carboxylic acids is 1. The molecule has 0 bridgehead atoms. The Labute approximate surface area is 95.2 Å². The zero-order valence-corrected chi connectivity index (χ0v) is 9.95. The van der Waals surface area contributed by atoms with E-state index >= 15 is 0 Å². The molecule has 5 nitrogen and oxygen atoms in total. The topological polar surface area (TPSA) is 75.6 Å². The largest absolute Gasteiger partial charge is 0.480 e. The molecule has 1 fully saturated rings. The van der Waals surface area contributed by atoms with Crippen LogP contribution in [-0.2, 0) is 14.3 Å². The lowest BCUT2D eigenvalue weighted by molar-refractivity contribution is -0.143. The third-order valence-corrected chi connectivity index (χ3v) is 2.73. The zero-order valence-electron chi connectivity index (χ0n) is 9.95. The molecule has 16 heavy (non-hydrogen) atoms. The Kier molecular flexibility index (Phi) is 3.91. The van der Waals surface area contributed by atoms with Gasteiger partial charge in [0.25, 0.3) is 0 Å². The highest BCUT2D eigenvalue weighted by molar-refractivity contribution is 5.82. The standard InChI is InChI=1S/C11H19NO4/c1-7(13)12-9(10(14)15)6-8-4-5-11(2,3)16-8/h8-9H,4-6H2,1-3H3,(H,12,13)(H,14,15). The van der Waals surface area contributed by atoms with E-state index in [4.69, 9.17) is 9.84 Å². The van der Waals surface area contributed by atoms with Gasteiger partial charge in [0.2, 0.25) is 5.91 Å². The Hall–Kier alpha value is -1.10. The van der Waals surface area contributed by atoms with E-state index in [1.165, 1.54) is 6.92 Å².